The highest BCUT2D eigenvalue weighted by Gasteiger charge is 2.07. The van der Waals surface area contributed by atoms with Gasteiger partial charge in [0.1, 0.15) is 5.76 Å². The molecule has 1 aromatic rings. The Labute approximate surface area is 89.1 Å². The highest BCUT2D eigenvalue weighted by atomic mass is 16.4. The standard InChI is InChI=1S/C12H16O3/c1-7-5-9(3)12(14)15-11(7)8(2)6-10(4)13/h5-6,10,13H,1-4H3. The minimum atomic E-state index is -0.545. The smallest absolute Gasteiger partial charge is 0.339 e. The molecule has 0 aromatic carbocycles. The van der Waals surface area contributed by atoms with Crippen molar-refractivity contribution in [3.8, 4) is 0 Å². The summed E-state index contributed by atoms with van der Waals surface area (Å²) in [5, 5.41) is 9.20. The molecule has 0 radical (unpaired) electrons. The van der Waals surface area contributed by atoms with E-state index in [-0.39, 0.29) is 5.63 Å². The van der Waals surface area contributed by atoms with Crippen molar-refractivity contribution in [2.75, 3.05) is 0 Å². The summed E-state index contributed by atoms with van der Waals surface area (Å²) in [5.41, 5.74) is 1.95. The third kappa shape index (κ3) is 2.80. The molecule has 0 saturated heterocycles. The average molecular weight is 208 g/mol. The van der Waals surface area contributed by atoms with Crippen LogP contribution in [0.4, 0.5) is 0 Å². The molecule has 1 atom stereocenters. The molecule has 0 bridgehead atoms. The van der Waals surface area contributed by atoms with Gasteiger partial charge in [0, 0.05) is 5.56 Å². The fourth-order valence-electron chi connectivity index (χ4n) is 1.53. The zero-order valence-electron chi connectivity index (χ0n) is 9.50. The fraction of sp³-hybridized carbons (Fsp3) is 0.417. The van der Waals surface area contributed by atoms with Crippen LogP contribution in [0.5, 0.6) is 0 Å². The highest BCUT2D eigenvalue weighted by Crippen LogP contribution is 2.17. The summed E-state index contributed by atoms with van der Waals surface area (Å²) < 4.78 is 5.17. The van der Waals surface area contributed by atoms with Gasteiger partial charge in [-0.2, -0.15) is 0 Å². The predicted molar refractivity (Wildman–Crippen MR) is 59.8 cm³/mol. The zero-order valence-corrected chi connectivity index (χ0v) is 9.50. The van der Waals surface area contributed by atoms with Gasteiger partial charge in [-0.3, -0.25) is 0 Å². The number of aryl methyl sites for hydroxylation is 2. The molecule has 1 N–H and O–H groups in total. The van der Waals surface area contributed by atoms with Gasteiger partial charge in [-0.05, 0) is 51.0 Å². The average Bonchev–Trinajstić information content (AvgIpc) is 2.09. The van der Waals surface area contributed by atoms with Crippen molar-refractivity contribution in [3.63, 3.8) is 0 Å². The van der Waals surface area contributed by atoms with Gasteiger partial charge in [0.25, 0.3) is 0 Å². The van der Waals surface area contributed by atoms with Crippen LogP contribution in [-0.2, 0) is 0 Å². The van der Waals surface area contributed by atoms with Crippen LogP contribution in [-0.4, -0.2) is 11.2 Å². The number of aliphatic hydroxyl groups is 1. The van der Waals surface area contributed by atoms with Crippen molar-refractivity contribution in [1.82, 2.24) is 0 Å². The maximum Gasteiger partial charge on any atom is 0.339 e. The van der Waals surface area contributed by atoms with Gasteiger partial charge in [0.2, 0.25) is 0 Å². The van der Waals surface area contributed by atoms with E-state index in [0.29, 0.717) is 11.3 Å². The van der Waals surface area contributed by atoms with Crippen LogP contribution in [0.2, 0.25) is 0 Å². The molecular weight excluding hydrogens is 192 g/mol. The second kappa shape index (κ2) is 4.45. The molecule has 1 heterocycles. The van der Waals surface area contributed by atoms with Gasteiger partial charge in [-0.25, -0.2) is 4.79 Å². The molecule has 0 aliphatic rings. The van der Waals surface area contributed by atoms with Crippen molar-refractivity contribution in [1.29, 1.82) is 0 Å². The molecule has 1 aromatic heterocycles. The summed E-state index contributed by atoms with van der Waals surface area (Å²) in [7, 11) is 0. The van der Waals surface area contributed by atoms with Crippen molar-refractivity contribution in [2.24, 2.45) is 0 Å². The minimum absolute atomic E-state index is 0.325. The first-order valence-electron chi connectivity index (χ1n) is 4.90. The fourth-order valence-corrected chi connectivity index (χ4v) is 1.53. The topological polar surface area (TPSA) is 50.4 Å². The number of rotatable bonds is 2. The van der Waals surface area contributed by atoms with Crippen molar-refractivity contribution in [2.45, 2.75) is 33.8 Å². The molecule has 0 spiro atoms. The minimum Gasteiger partial charge on any atom is -0.423 e. The van der Waals surface area contributed by atoms with E-state index in [0.717, 1.165) is 11.1 Å². The first-order valence-corrected chi connectivity index (χ1v) is 4.90. The van der Waals surface area contributed by atoms with Gasteiger partial charge in [-0.1, -0.05) is 0 Å². The van der Waals surface area contributed by atoms with Gasteiger partial charge < -0.3 is 9.52 Å². The molecule has 82 valence electrons. The lowest BCUT2D eigenvalue weighted by Crippen LogP contribution is -2.06. The molecule has 1 rings (SSSR count). The van der Waals surface area contributed by atoms with Crippen LogP contribution in [0.15, 0.2) is 21.4 Å². The van der Waals surface area contributed by atoms with E-state index in [1.54, 1.807) is 26.0 Å². The van der Waals surface area contributed by atoms with Crippen LogP contribution in [0.1, 0.15) is 30.7 Å². The molecule has 0 amide bonds. The van der Waals surface area contributed by atoms with Gasteiger partial charge >= 0.3 is 5.63 Å². The SMILES string of the molecule is CC(=CC(C)O)c1oc(=O)c(C)cc1C. The Balaban J connectivity index is 3.27. The number of hydrogen-bond acceptors (Lipinski definition) is 3. The zero-order chi connectivity index (χ0) is 11.6. The lowest BCUT2D eigenvalue weighted by Gasteiger charge is -2.06. The molecular formula is C12H16O3. The van der Waals surface area contributed by atoms with Crippen LogP contribution >= 0.6 is 0 Å². The summed E-state index contributed by atoms with van der Waals surface area (Å²) in [6, 6.07) is 1.79. The van der Waals surface area contributed by atoms with Crippen molar-refractivity contribution in [3.05, 3.63) is 39.4 Å². The highest BCUT2D eigenvalue weighted by molar-refractivity contribution is 5.62. The first kappa shape index (κ1) is 11.7. The van der Waals surface area contributed by atoms with Crippen LogP contribution in [0.25, 0.3) is 5.57 Å². The summed E-state index contributed by atoms with van der Waals surface area (Å²) in [6.07, 6.45) is 1.11. The molecule has 0 aliphatic carbocycles. The molecule has 0 aliphatic heterocycles. The van der Waals surface area contributed by atoms with E-state index >= 15 is 0 Å². The van der Waals surface area contributed by atoms with Gasteiger partial charge in [-0.15, -0.1) is 0 Å². The van der Waals surface area contributed by atoms with E-state index in [1.807, 2.05) is 13.8 Å². The van der Waals surface area contributed by atoms with E-state index in [2.05, 4.69) is 0 Å². The van der Waals surface area contributed by atoms with Gasteiger partial charge in [0.15, 0.2) is 0 Å². The molecule has 15 heavy (non-hydrogen) atoms. The summed E-state index contributed by atoms with van der Waals surface area (Å²) in [6.45, 7) is 7.07. The Morgan fingerprint density at radius 3 is 2.60 bits per heavy atom. The van der Waals surface area contributed by atoms with E-state index in [1.165, 1.54) is 0 Å². The lowest BCUT2D eigenvalue weighted by atomic mass is 10.1. The van der Waals surface area contributed by atoms with Crippen LogP contribution in [0, 0.1) is 13.8 Å². The Morgan fingerprint density at radius 1 is 1.47 bits per heavy atom. The maximum atomic E-state index is 11.3. The number of allylic oxidation sites excluding steroid dienone is 1. The molecule has 3 nitrogen and oxygen atoms in total. The molecule has 0 fully saturated rings. The first-order chi connectivity index (χ1) is 6.91. The van der Waals surface area contributed by atoms with Crippen molar-refractivity contribution >= 4 is 5.57 Å². The second-order valence-electron chi connectivity index (χ2n) is 3.82. The largest absolute Gasteiger partial charge is 0.423 e. The Kier molecular flexibility index (Phi) is 3.48. The Bertz CT molecular complexity index is 439. The summed E-state index contributed by atoms with van der Waals surface area (Å²) in [5.74, 6) is 0.548. The Morgan fingerprint density at radius 2 is 2.07 bits per heavy atom. The van der Waals surface area contributed by atoms with E-state index in [4.69, 9.17) is 4.42 Å². The monoisotopic (exact) mass is 208 g/mol. The van der Waals surface area contributed by atoms with E-state index in [9.17, 15) is 9.90 Å². The third-order valence-corrected chi connectivity index (χ3v) is 2.16. The predicted octanol–water partition coefficient (Wildman–Crippen LogP) is 2.04. The number of hydrogen-bond donors (Lipinski definition) is 1. The maximum absolute atomic E-state index is 11.3. The Hall–Kier alpha value is -1.35. The normalized spacial score (nSPS) is 14.1. The van der Waals surface area contributed by atoms with Crippen molar-refractivity contribution < 1.29 is 9.52 Å². The van der Waals surface area contributed by atoms with Crippen LogP contribution in [0.3, 0.4) is 0 Å². The second-order valence-corrected chi connectivity index (χ2v) is 3.82. The molecule has 1 unspecified atom stereocenters. The number of aliphatic hydroxyl groups excluding tert-OH is 1. The molecule has 0 saturated carbocycles. The lowest BCUT2D eigenvalue weighted by molar-refractivity contribution is 0.244. The summed E-state index contributed by atoms with van der Waals surface area (Å²) >= 11 is 0. The molecule has 3 heteroatoms. The third-order valence-electron chi connectivity index (χ3n) is 2.16. The van der Waals surface area contributed by atoms with Gasteiger partial charge in [0.05, 0.1) is 6.10 Å². The van der Waals surface area contributed by atoms with E-state index < -0.39 is 6.10 Å². The quantitative estimate of drug-likeness (QED) is 0.809. The summed E-state index contributed by atoms with van der Waals surface area (Å²) in [4.78, 5) is 11.3. The van der Waals surface area contributed by atoms with Crippen LogP contribution < -0.4 is 5.63 Å².